The van der Waals surface area contributed by atoms with E-state index in [0.29, 0.717) is 5.56 Å². The fourth-order valence-corrected chi connectivity index (χ4v) is 2.01. The third-order valence-corrected chi connectivity index (χ3v) is 2.82. The molecule has 0 aliphatic carbocycles. The van der Waals surface area contributed by atoms with Crippen molar-refractivity contribution in [1.82, 2.24) is 0 Å². The van der Waals surface area contributed by atoms with E-state index in [0.717, 1.165) is 0 Å². The van der Waals surface area contributed by atoms with E-state index in [2.05, 4.69) is 4.74 Å². The van der Waals surface area contributed by atoms with E-state index < -0.39 is 29.4 Å². The Morgan fingerprint density at radius 1 is 1.37 bits per heavy atom. The van der Waals surface area contributed by atoms with E-state index in [1.807, 2.05) is 0 Å². The van der Waals surface area contributed by atoms with Crippen molar-refractivity contribution >= 4 is 11.7 Å². The third-order valence-electron chi connectivity index (χ3n) is 2.82. The van der Waals surface area contributed by atoms with Crippen LogP contribution in [0.15, 0.2) is 24.3 Å². The molecule has 1 saturated heterocycles. The molecule has 0 bridgehead atoms. The molecule has 2 rings (SSSR count). The summed E-state index contributed by atoms with van der Waals surface area (Å²) in [6.07, 6.45) is -2.47. The quantitative estimate of drug-likeness (QED) is 0.469. The molecule has 3 atom stereocenters. The van der Waals surface area contributed by atoms with Gasteiger partial charge in [-0.2, -0.15) is 0 Å². The Morgan fingerprint density at radius 2 is 2.05 bits per heavy atom. The molecule has 19 heavy (non-hydrogen) atoms. The second-order valence-corrected chi connectivity index (χ2v) is 4.02. The average molecular weight is 267 g/mol. The molecule has 0 N–H and O–H groups in total. The molecular formula is C12H13NO6. The van der Waals surface area contributed by atoms with Gasteiger partial charge in [-0.1, -0.05) is 12.1 Å². The Hall–Kier alpha value is -1.99. The lowest BCUT2D eigenvalue weighted by Crippen LogP contribution is -2.27. The Labute approximate surface area is 109 Å². The predicted molar refractivity (Wildman–Crippen MR) is 63.3 cm³/mol. The zero-order valence-corrected chi connectivity index (χ0v) is 10.4. The summed E-state index contributed by atoms with van der Waals surface area (Å²) in [5, 5.41) is 11.0. The number of hydrogen-bond donors (Lipinski definition) is 0. The summed E-state index contributed by atoms with van der Waals surface area (Å²) in [7, 11) is 1.23. The van der Waals surface area contributed by atoms with Gasteiger partial charge in [0.2, 0.25) is 0 Å². The molecule has 1 fully saturated rings. The Bertz CT molecular complexity index is 503. The van der Waals surface area contributed by atoms with Crippen molar-refractivity contribution in [3.63, 3.8) is 0 Å². The minimum atomic E-state index is -0.999. The lowest BCUT2D eigenvalue weighted by molar-refractivity contribution is -0.386. The van der Waals surface area contributed by atoms with Crippen LogP contribution < -0.4 is 0 Å². The maximum Gasteiger partial charge on any atom is 0.338 e. The summed E-state index contributed by atoms with van der Waals surface area (Å²) >= 11 is 0. The number of methoxy groups -OCH3 is 1. The molecule has 1 heterocycles. The molecule has 1 aromatic rings. The van der Waals surface area contributed by atoms with Crippen molar-refractivity contribution in [3.8, 4) is 0 Å². The monoisotopic (exact) mass is 267 g/mol. The smallest absolute Gasteiger partial charge is 0.338 e. The highest BCUT2D eigenvalue weighted by Crippen LogP contribution is 2.37. The van der Waals surface area contributed by atoms with Gasteiger partial charge in [0.25, 0.3) is 5.69 Å². The van der Waals surface area contributed by atoms with Gasteiger partial charge in [-0.15, -0.1) is 0 Å². The number of nitro groups is 1. The van der Waals surface area contributed by atoms with Gasteiger partial charge in [-0.25, -0.2) is 4.79 Å². The average Bonchev–Trinajstić information content (AvgIpc) is 2.79. The van der Waals surface area contributed by atoms with Crippen molar-refractivity contribution in [2.45, 2.75) is 25.4 Å². The first kappa shape index (κ1) is 13.4. The topological polar surface area (TPSA) is 87.9 Å². The van der Waals surface area contributed by atoms with Crippen molar-refractivity contribution in [2.75, 3.05) is 7.11 Å². The highest BCUT2D eigenvalue weighted by molar-refractivity contribution is 5.76. The molecule has 0 aromatic heterocycles. The van der Waals surface area contributed by atoms with Crippen LogP contribution in [0, 0.1) is 10.1 Å². The Balaban J connectivity index is 2.39. The SMILES string of the molecule is COC(=O)[C@H]1O[C@@H](C)O[C@H]1c1ccccc1[N+](=O)[O-]. The standard InChI is InChI=1S/C12H13NO6/c1-7-18-10(11(19-7)12(14)17-2)8-5-3-4-6-9(8)13(15)16/h3-7,10-11H,1-2H3/t7-,10-,11-/m0/s1. The summed E-state index contributed by atoms with van der Waals surface area (Å²) in [5.74, 6) is -0.618. The number of carbonyl (C=O) groups excluding carboxylic acids is 1. The second-order valence-electron chi connectivity index (χ2n) is 4.02. The van der Waals surface area contributed by atoms with E-state index in [4.69, 9.17) is 9.47 Å². The van der Waals surface area contributed by atoms with E-state index in [-0.39, 0.29) is 5.69 Å². The molecule has 1 aliphatic heterocycles. The highest BCUT2D eigenvalue weighted by Gasteiger charge is 2.43. The fraction of sp³-hybridized carbons (Fsp3) is 0.417. The number of ether oxygens (including phenoxy) is 3. The lowest BCUT2D eigenvalue weighted by Gasteiger charge is -2.14. The first-order valence-electron chi connectivity index (χ1n) is 5.66. The van der Waals surface area contributed by atoms with Gasteiger partial charge >= 0.3 is 5.97 Å². The fourth-order valence-electron chi connectivity index (χ4n) is 2.01. The molecule has 0 spiro atoms. The van der Waals surface area contributed by atoms with Crippen LogP contribution in [0.3, 0.4) is 0 Å². The number of benzene rings is 1. The molecule has 7 nitrogen and oxygen atoms in total. The molecule has 0 amide bonds. The van der Waals surface area contributed by atoms with Gasteiger partial charge in [0.05, 0.1) is 17.6 Å². The second kappa shape index (κ2) is 5.33. The van der Waals surface area contributed by atoms with Crippen molar-refractivity contribution in [3.05, 3.63) is 39.9 Å². The van der Waals surface area contributed by atoms with Gasteiger partial charge in [0, 0.05) is 6.07 Å². The predicted octanol–water partition coefficient (Wildman–Crippen LogP) is 1.57. The number of nitro benzene ring substituents is 1. The number of para-hydroxylation sites is 1. The number of rotatable bonds is 3. The maximum atomic E-state index is 11.6. The summed E-state index contributed by atoms with van der Waals surface area (Å²) in [5.41, 5.74) is 0.186. The number of hydrogen-bond acceptors (Lipinski definition) is 6. The van der Waals surface area contributed by atoms with Crippen LogP contribution in [-0.2, 0) is 19.0 Å². The minimum absolute atomic E-state index is 0.112. The minimum Gasteiger partial charge on any atom is -0.467 e. The third kappa shape index (κ3) is 2.56. The molecule has 1 aliphatic rings. The molecule has 1 aromatic carbocycles. The summed E-state index contributed by atoms with van der Waals surface area (Å²) in [6.45, 7) is 1.62. The summed E-state index contributed by atoms with van der Waals surface area (Å²) in [4.78, 5) is 22.1. The summed E-state index contributed by atoms with van der Waals surface area (Å²) in [6, 6.07) is 6.09. The highest BCUT2D eigenvalue weighted by atomic mass is 16.7. The van der Waals surface area contributed by atoms with Crippen LogP contribution >= 0.6 is 0 Å². The molecule has 102 valence electrons. The number of nitrogens with zero attached hydrogens (tertiary/aromatic N) is 1. The zero-order chi connectivity index (χ0) is 14.0. The number of carbonyl (C=O) groups is 1. The van der Waals surface area contributed by atoms with Crippen molar-refractivity contribution in [1.29, 1.82) is 0 Å². The molecule has 0 radical (unpaired) electrons. The van der Waals surface area contributed by atoms with Gasteiger partial charge in [0.1, 0.15) is 6.10 Å². The van der Waals surface area contributed by atoms with Crippen LogP contribution in [0.25, 0.3) is 0 Å². The van der Waals surface area contributed by atoms with E-state index in [1.165, 1.54) is 13.2 Å². The van der Waals surface area contributed by atoms with Crippen LogP contribution in [0.1, 0.15) is 18.6 Å². The Morgan fingerprint density at radius 3 is 2.68 bits per heavy atom. The van der Waals surface area contributed by atoms with Gasteiger partial charge in [-0.3, -0.25) is 10.1 Å². The Kier molecular flexibility index (Phi) is 3.77. The molecule has 7 heteroatoms. The van der Waals surface area contributed by atoms with Crippen LogP contribution in [0.2, 0.25) is 0 Å². The molecule has 0 unspecified atom stereocenters. The van der Waals surface area contributed by atoms with Gasteiger partial charge < -0.3 is 14.2 Å². The first-order chi connectivity index (χ1) is 9.04. The van der Waals surface area contributed by atoms with Crippen LogP contribution in [0.4, 0.5) is 5.69 Å². The van der Waals surface area contributed by atoms with Crippen molar-refractivity contribution < 1.29 is 23.9 Å². The normalized spacial score (nSPS) is 26.1. The molecule has 0 saturated carbocycles. The molecular weight excluding hydrogens is 254 g/mol. The van der Waals surface area contributed by atoms with E-state index >= 15 is 0 Å². The number of esters is 1. The largest absolute Gasteiger partial charge is 0.467 e. The van der Waals surface area contributed by atoms with Gasteiger partial charge in [0.15, 0.2) is 12.4 Å². The van der Waals surface area contributed by atoms with Crippen molar-refractivity contribution in [2.24, 2.45) is 0 Å². The van der Waals surface area contributed by atoms with Gasteiger partial charge in [-0.05, 0) is 13.0 Å². The van der Waals surface area contributed by atoms with E-state index in [9.17, 15) is 14.9 Å². The lowest BCUT2D eigenvalue weighted by atomic mass is 10.0. The summed E-state index contributed by atoms with van der Waals surface area (Å²) < 4.78 is 15.4. The maximum absolute atomic E-state index is 11.6. The zero-order valence-electron chi connectivity index (χ0n) is 10.4. The van der Waals surface area contributed by atoms with Crippen LogP contribution in [0.5, 0.6) is 0 Å². The van der Waals surface area contributed by atoms with Crippen LogP contribution in [-0.4, -0.2) is 30.4 Å². The first-order valence-corrected chi connectivity index (χ1v) is 5.66. The van der Waals surface area contributed by atoms with E-state index in [1.54, 1.807) is 25.1 Å².